The second kappa shape index (κ2) is 8.82. The fourth-order valence-corrected chi connectivity index (χ4v) is 3.93. The smallest absolute Gasteiger partial charge is 0.316 e. The van der Waals surface area contributed by atoms with Gasteiger partial charge in [0.15, 0.2) is 0 Å². The highest BCUT2D eigenvalue weighted by Gasteiger charge is 2.29. The van der Waals surface area contributed by atoms with Crippen molar-refractivity contribution in [2.24, 2.45) is 0 Å². The van der Waals surface area contributed by atoms with E-state index < -0.39 is 0 Å². The molecular formula is C24H24N4O4. The van der Waals surface area contributed by atoms with Crippen molar-refractivity contribution in [1.82, 2.24) is 20.3 Å². The van der Waals surface area contributed by atoms with Crippen molar-refractivity contribution < 1.29 is 19.0 Å². The van der Waals surface area contributed by atoms with Gasteiger partial charge in [0.2, 0.25) is 0 Å². The number of nitrogens with zero attached hydrogens (tertiary/aromatic N) is 3. The maximum atomic E-state index is 12.6. The Morgan fingerprint density at radius 1 is 1.16 bits per heavy atom. The predicted octanol–water partition coefficient (Wildman–Crippen LogP) is 3.21. The van der Waals surface area contributed by atoms with Gasteiger partial charge in [0, 0.05) is 47.9 Å². The standard InChI is InChI=1S/C24H24N4O4/c1-30-24-26-12-16(13-27-24)22-19-10-17(28-23(29)15-4-3-9-25-11-15)14-31-20(19)7-8-21(22)32-18-5-2-6-18/h3-4,7-9,11-13,17-18H,2,5-6,10,14H2,1H3,(H,28,29)/t17-/m0/s1. The Kier molecular flexibility index (Phi) is 5.58. The number of benzene rings is 1. The van der Waals surface area contributed by atoms with Crippen molar-refractivity contribution in [2.45, 2.75) is 37.8 Å². The van der Waals surface area contributed by atoms with Crippen LogP contribution in [0.25, 0.3) is 11.1 Å². The van der Waals surface area contributed by atoms with E-state index in [-0.39, 0.29) is 18.1 Å². The monoisotopic (exact) mass is 432 g/mol. The molecule has 5 rings (SSSR count). The summed E-state index contributed by atoms with van der Waals surface area (Å²) in [6, 6.07) is 7.49. The average molecular weight is 432 g/mol. The van der Waals surface area contributed by atoms with Gasteiger partial charge in [-0.3, -0.25) is 9.78 Å². The van der Waals surface area contributed by atoms with Crippen LogP contribution in [0.3, 0.4) is 0 Å². The molecule has 1 fully saturated rings. The zero-order valence-corrected chi connectivity index (χ0v) is 17.8. The van der Waals surface area contributed by atoms with Gasteiger partial charge in [-0.2, -0.15) is 0 Å². The summed E-state index contributed by atoms with van der Waals surface area (Å²) in [5.74, 6) is 1.39. The summed E-state index contributed by atoms with van der Waals surface area (Å²) in [4.78, 5) is 25.2. The highest BCUT2D eigenvalue weighted by Crippen LogP contribution is 2.42. The van der Waals surface area contributed by atoms with Gasteiger partial charge >= 0.3 is 6.01 Å². The number of pyridine rings is 1. The van der Waals surface area contributed by atoms with Crippen LogP contribution < -0.4 is 19.5 Å². The molecule has 32 heavy (non-hydrogen) atoms. The summed E-state index contributed by atoms with van der Waals surface area (Å²) in [5.41, 5.74) is 3.21. The van der Waals surface area contributed by atoms with E-state index in [1.807, 2.05) is 12.1 Å². The first-order valence-electron chi connectivity index (χ1n) is 10.7. The van der Waals surface area contributed by atoms with Gasteiger partial charge in [0.1, 0.15) is 18.1 Å². The average Bonchev–Trinajstić information content (AvgIpc) is 2.81. The maximum Gasteiger partial charge on any atom is 0.316 e. The predicted molar refractivity (Wildman–Crippen MR) is 117 cm³/mol. The van der Waals surface area contributed by atoms with Crippen LogP contribution in [0.15, 0.2) is 49.1 Å². The van der Waals surface area contributed by atoms with Crippen LogP contribution in [-0.2, 0) is 6.42 Å². The number of rotatable bonds is 6. The van der Waals surface area contributed by atoms with E-state index in [0.29, 0.717) is 24.6 Å². The molecule has 2 aromatic heterocycles. The molecule has 8 nitrogen and oxygen atoms in total. The molecule has 2 aliphatic rings. The van der Waals surface area contributed by atoms with Gasteiger partial charge in [0.25, 0.3) is 5.91 Å². The van der Waals surface area contributed by atoms with E-state index >= 15 is 0 Å². The molecule has 0 spiro atoms. The van der Waals surface area contributed by atoms with Crippen molar-refractivity contribution in [2.75, 3.05) is 13.7 Å². The Morgan fingerprint density at radius 2 is 2.00 bits per heavy atom. The number of nitrogens with one attached hydrogen (secondary N) is 1. The van der Waals surface area contributed by atoms with Crippen molar-refractivity contribution in [3.63, 3.8) is 0 Å². The Balaban J connectivity index is 1.46. The third-order valence-electron chi connectivity index (χ3n) is 5.83. The Hall–Kier alpha value is -3.68. The summed E-state index contributed by atoms with van der Waals surface area (Å²) in [5, 5.41) is 3.06. The lowest BCUT2D eigenvalue weighted by molar-refractivity contribution is 0.0915. The number of carbonyl (C=O) groups excluding carboxylic acids is 1. The summed E-state index contributed by atoms with van der Waals surface area (Å²) in [6.07, 6.45) is 10.8. The minimum Gasteiger partial charge on any atom is -0.491 e. The maximum absolute atomic E-state index is 12.6. The lowest BCUT2D eigenvalue weighted by atomic mass is 9.92. The van der Waals surface area contributed by atoms with Gasteiger partial charge in [-0.25, -0.2) is 9.97 Å². The molecule has 1 N–H and O–H groups in total. The van der Waals surface area contributed by atoms with Crippen molar-refractivity contribution in [3.8, 4) is 28.6 Å². The van der Waals surface area contributed by atoms with E-state index in [4.69, 9.17) is 14.2 Å². The van der Waals surface area contributed by atoms with Gasteiger partial charge in [-0.1, -0.05) is 0 Å². The van der Waals surface area contributed by atoms with Crippen LogP contribution in [0.2, 0.25) is 0 Å². The molecule has 8 heteroatoms. The molecule has 1 amide bonds. The Bertz CT molecular complexity index is 1100. The van der Waals surface area contributed by atoms with Crippen molar-refractivity contribution >= 4 is 5.91 Å². The minimum atomic E-state index is -0.188. The summed E-state index contributed by atoms with van der Waals surface area (Å²) >= 11 is 0. The first kappa shape index (κ1) is 20.2. The van der Waals surface area contributed by atoms with Crippen molar-refractivity contribution in [1.29, 1.82) is 0 Å². The third-order valence-corrected chi connectivity index (χ3v) is 5.83. The van der Waals surface area contributed by atoms with Crippen LogP contribution in [0.4, 0.5) is 0 Å². The molecular weight excluding hydrogens is 408 g/mol. The van der Waals surface area contributed by atoms with Gasteiger partial charge in [0.05, 0.1) is 24.8 Å². The Morgan fingerprint density at radius 3 is 2.69 bits per heavy atom. The van der Waals surface area contributed by atoms with Crippen LogP contribution in [0, 0.1) is 0 Å². The third kappa shape index (κ3) is 4.08. The number of hydrogen-bond donors (Lipinski definition) is 1. The summed E-state index contributed by atoms with van der Waals surface area (Å²) in [7, 11) is 1.54. The van der Waals surface area contributed by atoms with E-state index in [1.165, 1.54) is 13.5 Å². The van der Waals surface area contributed by atoms with E-state index in [0.717, 1.165) is 41.0 Å². The van der Waals surface area contributed by atoms with Gasteiger partial charge < -0.3 is 19.5 Å². The number of amides is 1. The molecule has 1 aliphatic heterocycles. The number of ether oxygens (including phenoxy) is 3. The SMILES string of the molecule is COc1ncc(-c2c(OC3CCC3)ccc3c2C[C@H](NC(=O)c2cccnc2)CO3)cn1. The largest absolute Gasteiger partial charge is 0.491 e. The van der Waals surface area contributed by atoms with Crippen LogP contribution >= 0.6 is 0 Å². The number of carbonyl (C=O) groups is 1. The summed E-state index contributed by atoms with van der Waals surface area (Å²) < 4.78 is 17.4. The molecule has 1 aromatic carbocycles. The molecule has 1 atom stereocenters. The highest BCUT2D eigenvalue weighted by atomic mass is 16.5. The lowest BCUT2D eigenvalue weighted by Gasteiger charge is -2.31. The van der Waals surface area contributed by atoms with E-state index in [9.17, 15) is 4.79 Å². The molecule has 0 saturated heterocycles. The fourth-order valence-electron chi connectivity index (χ4n) is 3.93. The second-order valence-corrected chi connectivity index (χ2v) is 7.97. The molecule has 0 bridgehead atoms. The number of fused-ring (bicyclic) bond motifs is 1. The Labute approximate surface area is 186 Å². The minimum absolute atomic E-state index is 0.175. The molecule has 1 saturated carbocycles. The first-order valence-corrected chi connectivity index (χ1v) is 10.7. The van der Waals surface area contributed by atoms with E-state index in [2.05, 4.69) is 20.3 Å². The second-order valence-electron chi connectivity index (χ2n) is 7.97. The number of hydrogen-bond acceptors (Lipinski definition) is 7. The zero-order valence-electron chi connectivity index (χ0n) is 17.8. The summed E-state index contributed by atoms with van der Waals surface area (Å²) in [6.45, 7) is 0.389. The van der Waals surface area contributed by atoms with Gasteiger partial charge in [-0.15, -0.1) is 0 Å². The molecule has 1 aliphatic carbocycles. The lowest BCUT2D eigenvalue weighted by Crippen LogP contribution is -2.43. The number of aromatic nitrogens is 3. The van der Waals surface area contributed by atoms with Crippen LogP contribution in [0.5, 0.6) is 17.5 Å². The zero-order chi connectivity index (χ0) is 21.9. The number of methoxy groups -OCH3 is 1. The van der Waals surface area contributed by atoms with Crippen LogP contribution in [-0.4, -0.2) is 46.7 Å². The highest BCUT2D eigenvalue weighted by molar-refractivity contribution is 5.94. The van der Waals surface area contributed by atoms with Gasteiger partial charge in [-0.05, 0) is 43.5 Å². The normalized spacial score (nSPS) is 17.5. The van der Waals surface area contributed by atoms with Crippen molar-refractivity contribution in [3.05, 3.63) is 60.2 Å². The van der Waals surface area contributed by atoms with E-state index in [1.54, 1.807) is 36.9 Å². The molecule has 0 radical (unpaired) electrons. The fraction of sp³-hybridized carbons (Fsp3) is 0.333. The quantitative estimate of drug-likeness (QED) is 0.639. The molecule has 164 valence electrons. The first-order chi connectivity index (χ1) is 15.7. The van der Waals surface area contributed by atoms with Crippen LogP contribution in [0.1, 0.15) is 35.2 Å². The molecule has 3 aromatic rings. The molecule has 0 unspecified atom stereocenters. The molecule has 3 heterocycles. The topological polar surface area (TPSA) is 95.5 Å².